The first-order valence-electron chi connectivity index (χ1n) is 6.46. The highest BCUT2D eigenvalue weighted by atomic mass is 32.2. The Morgan fingerprint density at radius 2 is 2.40 bits per heavy atom. The minimum absolute atomic E-state index is 0.246. The number of benzene rings is 1. The Morgan fingerprint density at radius 3 is 3.10 bits per heavy atom. The number of carbonyl (C=O) groups is 1. The molecule has 1 aromatic carbocycles. The Hall–Kier alpha value is -1.51. The van der Waals surface area contributed by atoms with E-state index in [-0.39, 0.29) is 12.5 Å². The SMILES string of the molecule is O=C(NCC1CCSC1)c1ccc(F)cc1C#CCO. The smallest absolute Gasteiger partial charge is 0.252 e. The lowest BCUT2D eigenvalue weighted by Gasteiger charge is -2.11. The second-order valence-electron chi connectivity index (χ2n) is 4.59. The van der Waals surface area contributed by atoms with E-state index in [1.165, 1.54) is 18.2 Å². The number of aliphatic hydroxyl groups is 1. The van der Waals surface area contributed by atoms with Gasteiger partial charge in [0.15, 0.2) is 0 Å². The number of rotatable bonds is 3. The van der Waals surface area contributed by atoms with Crippen molar-refractivity contribution in [3.63, 3.8) is 0 Å². The maximum atomic E-state index is 13.2. The van der Waals surface area contributed by atoms with Gasteiger partial charge in [0.25, 0.3) is 5.91 Å². The monoisotopic (exact) mass is 293 g/mol. The molecule has 1 saturated heterocycles. The summed E-state index contributed by atoms with van der Waals surface area (Å²) in [6, 6.07) is 3.88. The van der Waals surface area contributed by atoms with Gasteiger partial charge in [0.2, 0.25) is 0 Å². The van der Waals surface area contributed by atoms with Crippen molar-refractivity contribution in [2.75, 3.05) is 24.7 Å². The summed E-state index contributed by atoms with van der Waals surface area (Å²) in [5.74, 6) is 7.08. The molecule has 1 unspecified atom stereocenters. The summed E-state index contributed by atoms with van der Waals surface area (Å²) in [5.41, 5.74) is 0.648. The van der Waals surface area contributed by atoms with E-state index in [2.05, 4.69) is 17.2 Å². The van der Waals surface area contributed by atoms with Gasteiger partial charge in [0, 0.05) is 12.1 Å². The zero-order chi connectivity index (χ0) is 14.4. The number of carbonyl (C=O) groups excluding carboxylic acids is 1. The lowest BCUT2D eigenvalue weighted by atomic mass is 10.1. The summed E-state index contributed by atoms with van der Waals surface area (Å²) in [6.45, 7) is 0.312. The van der Waals surface area contributed by atoms with Gasteiger partial charge in [-0.1, -0.05) is 11.8 Å². The number of hydrogen-bond acceptors (Lipinski definition) is 3. The van der Waals surface area contributed by atoms with Crippen molar-refractivity contribution in [2.24, 2.45) is 5.92 Å². The van der Waals surface area contributed by atoms with Crippen molar-refractivity contribution in [3.05, 3.63) is 35.1 Å². The fourth-order valence-electron chi connectivity index (χ4n) is 2.03. The minimum atomic E-state index is -0.448. The van der Waals surface area contributed by atoms with Crippen LogP contribution in [0.3, 0.4) is 0 Å². The predicted molar refractivity (Wildman–Crippen MR) is 78.1 cm³/mol. The summed E-state index contributed by atoms with van der Waals surface area (Å²) in [4.78, 5) is 12.1. The van der Waals surface area contributed by atoms with E-state index in [1.807, 2.05) is 11.8 Å². The van der Waals surface area contributed by atoms with E-state index in [4.69, 9.17) is 5.11 Å². The van der Waals surface area contributed by atoms with Crippen LogP contribution in [0.1, 0.15) is 22.3 Å². The largest absolute Gasteiger partial charge is 0.384 e. The average Bonchev–Trinajstić information content (AvgIpc) is 2.96. The van der Waals surface area contributed by atoms with Gasteiger partial charge < -0.3 is 10.4 Å². The van der Waals surface area contributed by atoms with Crippen molar-refractivity contribution in [1.82, 2.24) is 5.32 Å². The topological polar surface area (TPSA) is 49.3 Å². The molecule has 1 fully saturated rings. The Kier molecular flexibility index (Phi) is 5.45. The molecule has 1 atom stereocenters. The number of amides is 1. The number of aliphatic hydroxyl groups excluding tert-OH is 1. The summed E-state index contributed by atoms with van der Waals surface area (Å²) in [6.07, 6.45) is 1.12. The second kappa shape index (κ2) is 7.32. The Morgan fingerprint density at radius 1 is 1.55 bits per heavy atom. The van der Waals surface area contributed by atoms with Gasteiger partial charge in [-0.15, -0.1) is 0 Å². The molecular weight excluding hydrogens is 277 g/mol. The first kappa shape index (κ1) is 14.9. The van der Waals surface area contributed by atoms with E-state index in [0.29, 0.717) is 23.6 Å². The van der Waals surface area contributed by atoms with Crippen LogP contribution in [0, 0.1) is 23.6 Å². The van der Waals surface area contributed by atoms with Crippen molar-refractivity contribution >= 4 is 17.7 Å². The van der Waals surface area contributed by atoms with Crippen molar-refractivity contribution in [2.45, 2.75) is 6.42 Å². The number of nitrogens with one attached hydrogen (secondary N) is 1. The van der Waals surface area contributed by atoms with Gasteiger partial charge in [0.1, 0.15) is 12.4 Å². The molecule has 2 rings (SSSR count). The maximum Gasteiger partial charge on any atom is 0.252 e. The highest BCUT2D eigenvalue weighted by Gasteiger charge is 2.17. The first-order valence-corrected chi connectivity index (χ1v) is 7.61. The summed E-state index contributed by atoms with van der Waals surface area (Å²) >= 11 is 1.89. The summed E-state index contributed by atoms with van der Waals surface area (Å²) in [7, 11) is 0. The zero-order valence-corrected chi connectivity index (χ0v) is 11.8. The van der Waals surface area contributed by atoms with Gasteiger partial charge in [-0.2, -0.15) is 11.8 Å². The Balaban J connectivity index is 2.07. The van der Waals surface area contributed by atoms with Crippen molar-refractivity contribution in [3.8, 4) is 11.8 Å². The molecule has 1 heterocycles. The molecule has 1 aromatic rings. The van der Waals surface area contributed by atoms with Gasteiger partial charge in [-0.25, -0.2) is 4.39 Å². The third kappa shape index (κ3) is 3.99. The standard InChI is InChI=1S/C15H16FNO2S/c16-13-3-4-14(12(8-13)2-1-6-18)15(19)17-9-11-5-7-20-10-11/h3-4,8,11,18H,5-7,9-10H2,(H,17,19). The van der Waals surface area contributed by atoms with Crippen LogP contribution >= 0.6 is 11.8 Å². The molecule has 0 saturated carbocycles. The van der Waals surface area contributed by atoms with E-state index in [9.17, 15) is 9.18 Å². The third-order valence-electron chi connectivity index (χ3n) is 3.10. The molecule has 0 spiro atoms. The lowest BCUT2D eigenvalue weighted by molar-refractivity contribution is 0.0948. The average molecular weight is 293 g/mol. The molecular formula is C15H16FNO2S. The predicted octanol–water partition coefficient (Wildman–Crippen LogP) is 1.65. The van der Waals surface area contributed by atoms with Crippen LogP contribution < -0.4 is 5.32 Å². The minimum Gasteiger partial charge on any atom is -0.384 e. The molecule has 5 heteroatoms. The quantitative estimate of drug-likeness (QED) is 0.833. The van der Waals surface area contributed by atoms with Crippen LogP contribution in [0.4, 0.5) is 4.39 Å². The zero-order valence-electron chi connectivity index (χ0n) is 11.0. The van der Waals surface area contributed by atoms with E-state index >= 15 is 0 Å². The molecule has 0 bridgehead atoms. The van der Waals surface area contributed by atoms with E-state index < -0.39 is 5.82 Å². The summed E-state index contributed by atoms with van der Waals surface area (Å²) < 4.78 is 13.2. The van der Waals surface area contributed by atoms with Crippen molar-refractivity contribution < 1.29 is 14.3 Å². The molecule has 0 aliphatic carbocycles. The molecule has 106 valence electrons. The van der Waals surface area contributed by atoms with Crippen LogP contribution in [0.2, 0.25) is 0 Å². The molecule has 1 aliphatic rings. The molecule has 2 N–H and O–H groups in total. The van der Waals surface area contributed by atoms with Crippen LogP contribution in [-0.2, 0) is 0 Å². The van der Waals surface area contributed by atoms with E-state index in [1.54, 1.807) is 0 Å². The third-order valence-corrected chi connectivity index (χ3v) is 4.34. The normalized spacial score (nSPS) is 17.4. The summed E-state index contributed by atoms with van der Waals surface area (Å²) in [5, 5.41) is 11.6. The molecule has 0 radical (unpaired) electrons. The molecule has 1 aliphatic heterocycles. The molecule has 0 aromatic heterocycles. The molecule has 20 heavy (non-hydrogen) atoms. The number of halogens is 1. The van der Waals surface area contributed by atoms with Gasteiger partial charge in [-0.05, 0) is 42.0 Å². The van der Waals surface area contributed by atoms with Crippen molar-refractivity contribution in [1.29, 1.82) is 0 Å². The molecule has 1 amide bonds. The fraction of sp³-hybridized carbons (Fsp3) is 0.400. The fourth-order valence-corrected chi connectivity index (χ4v) is 3.31. The highest BCUT2D eigenvalue weighted by Crippen LogP contribution is 2.22. The molecule has 3 nitrogen and oxygen atoms in total. The number of thioether (sulfide) groups is 1. The number of hydrogen-bond donors (Lipinski definition) is 2. The van der Waals surface area contributed by atoms with Gasteiger partial charge >= 0.3 is 0 Å². The van der Waals surface area contributed by atoms with Crippen LogP contribution in [0.15, 0.2) is 18.2 Å². The Bertz CT molecular complexity index is 545. The second-order valence-corrected chi connectivity index (χ2v) is 5.74. The van der Waals surface area contributed by atoms with Crippen LogP contribution in [0.5, 0.6) is 0 Å². The highest BCUT2D eigenvalue weighted by molar-refractivity contribution is 7.99. The van der Waals surface area contributed by atoms with E-state index in [0.717, 1.165) is 17.9 Å². The Labute approximate surface area is 122 Å². The first-order chi connectivity index (χ1) is 9.70. The van der Waals surface area contributed by atoms with Gasteiger partial charge in [0.05, 0.1) is 5.56 Å². The lowest BCUT2D eigenvalue weighted by Crippen LogP contribution is -2.29. The van der Waals surface area contributed by atoms with Crippen LogP contribution in [0.25, 0.3) is 0 Å². The maximum absolute atomic E-state index is 13.2. The van der Waals surface area contributed by atoms with Gasteiger partial charge in [-0.3, -0.25) is 4.79 Å². The van der Waals surface area contributed by atoms with Crippen LogP contribution in [-0.4, -0.2) is 35.7 Å².